The number of benzene rings is 2. The topological polar surface area (TPSA) is 42.3 Å². The number of carbonyl (C=O) groups excluding carboxylic acids is 1. The number of hydrogen-bond donors (Lipinski definition) is 0. The van der Waals surface area contributed by atoms with Crippen molar-refractivity contribution in [3.05, 3.63) is 99.5 Å². The summed E-state index contributed by atoms with van der Waals surface area (Å²) in [4.78, 5) is 27.3. The molecular formula is C23H22N2O2. The Kier molecular flexibility index (Phi) is 4.40. The van der Waals surface area contributed by atoms with Crippen LogP contribution < -0.4 is 10.5 Å². The molecule has 4 rings (SSSR count). The smallest absolute Gasteiger partial charge is 0.260 e. The highest BCUT2D eigenvalue weighted by Crippen LogP contribution is 2.32. The monoisotopic (exact) mass is 358 g/mol. The lowest BCUT2D eigenvalue weighted by atomic mass is 10.1. The SMILES string of the molecule is Cc1cccc(Cn2cc(C(=O)N3c4ccccc4C[C@H]3C)ccc2=O)c1. The molecule has 2 heterocycles. The van der Waals surface area contributed by atoms with Crippen LogP contribution in [0.5, 0.6) is 0 Å². The standard InChI is InChI=1S/C23H22N2O2/c1-16-6-5-7-18(12-16)14-24-15-20(10-11-22(24)26)23(27)25-17(2)13-19-8-3-4-9-21(19)25/h3-12,15,17H,13-14H2,1-2H3/t17-/m1/s1. The lowest BCUT2D eigenvalue weighted by Gasteiger charge is -2.23. The maximum atomic E-state index is 13.2. The van der Waals surface area contributed by atoms with Crippen LogP contribution in [-0.4, -0.2) is 16.5 Å². The molecule has 4 heteroatoms. The van der Waals surface area contributed by atoms with Crippen LogP contribution in [0.1, 0.15) is 34.0 Å². The lowest BCUT2D eigenvalue weighted by Crippen LogP contribution is -2.36. The number of para-hydroxylation sites is 1. The van der Waals surface area contributed by atoms with Gasteiger partial charge in [0.15, 0.2) is 0 Å². The molecule has 1 atom stereocenters. The van der Waals surface area contributed by atoms with E-state index >= 15 is 0 Å². The minimum atomic E-state index is -0.108. The average molecular weight is 358 g/mol. The zero-order valence-electron chi connectivity index (χ0n) is 15.6. The number of anilines is 1. The van der Waals surface area contributed by atoms with Gasteiger partial charge in [-0.1, -0.05) is 48.0 Å². The lowest BCUT2D eigenvalue weighted by molar-refractivity contribution is 0.0980. The number of nitrogens with zero attached hydrogens (tertiary/aromatic N) is 2. The minimum absolute atomic E-state index is 0.0644. The molecule has 0 aliphatic carbocycles. The second kappa shape index (κ2) is 6.88. The van der Waals surface area contributed by atoms with E-state index in [1.54, 1.807) is 16.8 Å². The van der Waals surface area contributed by atoms with Gasteiger partial charge in [-0.05, 0) is 43.5 Å². The van der Waals surface area contributed by atoms with Crippen molar-refractivity contribution in [2.24, 2.45) is 0 Å². The van der Waals surface area contributed by atoms with E-state index in [1.807, 2.05) is 48.2 Å². The zero-order valence-corrected chi connectivity index (χ0v) is 15.6. The molecule has 1 aliphatic rings. The Balaban J connectivity index is 1.67. The number of hydrogen-bond acceptors (Lipinski definition) is 2. The van der Waals surface area contributed by atoms with Gasteiger partial charge in [0.05, 0.1) is 12.1 Å². The van der Waals surface area contributed by atoms with Gasteiger partial charge in [0, 0.05) is 24.0 Å². The van der Waals surface area contributed by atoms with Crippen molar-refractivity contribution in [1.82, 2.24) is 4.57 Å². The summed E-state index contributed by atoms with van der Waals surface area (Å²) in [7, 11) is 0. The first-order valence-corrected chi connectivity index (χ1v) is 9.20. The molecule has 27 heavy (non-hydrogen) atoms. The molecule has 0 saturated carbocycles. The fraction of sp³-hybridized carbons (Fsp3) is 0.217. The van der Waals surface area contributed by atoms with E-state index in [0.717, 1.165) is 23.2 Å². The maximum Gasteiger partial charge on any atom is 0.260 e. The number of aromatic nitrogens is 1. The van der Waals surface area contributed by atoms with Crippen LogP contribution in [-0.2, 0) is 13.0 Å². The van der Waals surface area contributed by atoms with Crippen molar-refractivity contribution in [2.45, 2.75) is 32.9 Å². The number of aryl methyl sites for hydroxylation is 1. The highest BCUT2D eigenvalue weighted by atomic mass is 16.2. The molecule has 0 N–H and O–H groups in total. The minimum Gasteiger partial charge on any atom is -0.310 e. The normalized spacial score (nSPS) is 15.6. The maximum absolute atomic E-state index is 13.2. The third-order valence-electron chi connectivity index (χ3n) is 5.09. The van der Waals surface area contributed by atoms with Crippen molar-refractivity contribution in [1.29, 1.82) is 0 Å². The fourth-order valence-electron chi connectivity index (χ4n) is 3.80. The molecule has 1 aromatic heterocycles. The quantitative estimate of drug-likeness (QED) is 0.715. The second-order valence-electron chi connectivity index (χ2n) is 7.23. The highest BCUT2D eigenvalue weighted by molar-refractivity contribution is 6.07. The molecule has 4 nitrogen and oxygen atoms in total. The van der Waals surface area contributed by atoms with Gasteiger partial charge in [0.1, 0.15) is 0 Å². The van der Waals surface area contributed by atoms with Gasteiger partial charge in [0.2, 0.25) is 0 Å². The van der Waals surface area contributed by atoms with Crippen LogP contribution in [0.15, 0.2) is 71.7 Å². The largest absolute Gasteiger partial charge is 0.310 e. The molecule has 0 radical (unpaired) electrons. The molecule has 136 valence electrons. The summed E-state index contributed by atoms with van der Waals surface area (Å²) in [5, 5.41) is 0. The van der Waals surface area contributed by atoms with Crippen molar-refractivity contribution in [2.75, 3.05) is 4.90 Å². The first kappa shape index (κ1) is 17.3. The van der Waals surface area contributed by atoms with E-state index in [0.29, 0.717) is 12.1 Å². The van der Waals surface area contributed by atoms with Crippen molar-refractivity contribution in [3.8, 4) is 0 Å². The van der Waals surface area contributed by atoms with Crippen LogP contribution in [0.3, 0.4) is 0 Å². The third kappa shape index (κ3) is 3.31. The molecule has 3 aromatic rings. The average Bonchev–Trinajstić information content (AvgIpc) is 2.98. The summed E-state index contributed by atoms with van der Waals surface area (Å²) >= 11 is 0. The van der Waals surface area contributed by atoms with Crippen LogP contribution in [0.4, 0.5) is 5.69 Å². The van der Waals surface area contributed by atoms with Gasteiger partial charge >= 0.3 is 0 Å². The van der Waals surface area contributed by atoms with Crippen molar-refractivity contribution < 1.29 is 4.79 Å². The molecule has 0 bridgehead atoms. The Morgan fingerprint density at radius 2 is 1.89 bits per heavy atom. The third-order valence-corrected chi connectivity index (χ3v) is 5.09. The highest BCUT2D eigenvalue weighted by Gasteiger charge is 2.31. The molecule has 0 fully saturated rings. The van der Waals surface area contributed by atoms with Crippen LogP contribution in [0.2, 0.25) is 0 Å². The summed E-state index contributed by atoms with van der Waals surface area (Å²) in [5.41, 5.74) is 4.77. The molecule has 2 aromatic carbocycles. The number of carbonyl (C=O) groups is 1. The molecule has 1 amide bonds. The van der Waals surface area contributed by atoms with Gasteiger partial charge in [0.25, 0.3) is 11.5 Å². The van der Waals surface area contributed by atoms with Crippen LogP contribution >= 0.6 is 0 Å². The molecule has 0 spiro atoms. The van der Waals surface area contributed by atoms with E-state index in [2.05, 4.69) is 19.1 Å². The Hall–Kier alpha value is -3.14. The summed E-state index contributed by atoms with van der Waals surface area (Å²) in [5.74, 6) is -0.0644. The van der Waals surface area contributed by atoms with Crippen LogP contribution in [0, 0.1) is 6.92 Å². The summed E-state index contributed by atoms with van der Waals surface area (Å²) < 4.78 is 1.61. The zero-order chi connectivity index (χ0) is 19.0. The molecule has 0 saturated heterocycles. The van der Waals surface area contributed by atoms with E-state index in [9.17, 15) is 9.59 Å². The Labute approximate surface area is 158 Å². The fourth-order valence-corrected chi connectivity index (χ4v) is 3.80. The van der Waals surface area contributed by atoms with E-state index in [1.165, 1.54) is 11.6 Å². The molecule has 0 unspecified atom stereocenters. The van der Waals surface area contributed by atoms with Gasteiger partial charge in [-0.3, -0.25) is 9.59 Å². The van der Waals surface area contributed by atoms with Gasteiger partial charge in [-0.2, -0.15) is 0 Å². The van der Waals surface area contributed by atoms with Gasteiger partial charge in [-0.15, -0.1) is 0 Å². The molecular weight excluding hydrogens is 336 g/mol. The van der Waals surface area contributed by atoms with Gasteiger partial charge < -0.3 is 9.47 Å². The predicted molar refractivity (Wildman–Crippen MR) is 107 cm³/mol. The number of rotatable bonds is 3. The first-order valence-electron chi connectivity index (χ1n) is 9.20. The van der Waals surface area contributed by atoms with Gasteiger partial charge in [-0.25, -0.2) is 0 Å². The first-order chi connectivity index (χ1) is 13.0. The Morgan fingerprint density at radius 3 is 2.70 bits per heavy atom. The van der Waals surface area contributed by atoms with Crippen molar-refractivity contribution in [3.63, 3.8) is 0 Å². The summed E-state index contributed by atoms with van der Waals surface area (Å²) in [6, 6.07) is 19.3. The Bertz CT molecular complexity index is 1070. The molecule has 1 aliphatic heterocycles. The van der Waals surface area contributed by atoms with Crippen LogP contribution in [0.25, 0.3) is 0 Å². The van der Waals surface area contributed by atoms with Crippen molar-refractivity contribution >= 4 is 11.6 Å². The van der Waals surface area contributed by atoms with E-state index in [-0.39, 0.29) is 17.5 Å². The van der Waals surface area contributed by atoms with E-state index < -0.39 is 0 Å². The van der Waals surface area contributed by atoms with E-state index in [4.69, 9.17) is 0 Å². The summed E-state index contributed by atoms with van der Waals surface area (Å²) in [6.07, 6.45) is 2.53. The number of fused-ring (bicyclic) bond motifs is 1. The Morgan fingerprint density at radius 1 is 1.07 bits per heavy atom. The number of amides is 1. The second-order valence-corrected chi connectivity index (χ2v) is 7.23. The predicted octanol–water partition coefficient (Wildman–Crippen LogP) is 3.80. The number of pyridine rings is 1. The summed E-state index contributed by atoms with van der Waals surface area (Å²) in [6.45, 7) is 4.53.